The Morgan fingerprint density at radius 3 is 2.47 bits per heavy atom. The molecule has 0 saturated heterocycles. The van der Waals surface area contributed by atoms with Crippen molar-refractivity contribution in [1.29, 1.82) is 0 Å². The summed E-state index contributed by atoms with van der Waals surface area (Å²) in [5.41, 5.74) is 2.94. The molecule has 19 heavy (non-hydrogen) atoms. The van der Waals surface area contributed by atoms with Gasteiger partial charge in [-0.1, -0.05) is 58.8 Å². The number of carbonyl (C=O) groups excluding carboxylic acids is 1. The van der Waals surface area contributed by atoms with E-state index in [0.29, 0.717) is 12.5 Å². The van der Waals surface area contributed by atoms with Gasteiger partial charge in [0.1, 0.15) is 0 Å². The van der Waals surface area contributed by atoms with Crippen LogP contribution in [-0.4, -0.2) is 12.0 Å². The van der Waals surface area contributed by atoms with Crippen molar-refractivity contribution in [3.63, 3.8) is 0 Å². The van der Waals surface area contributed by atoms with Gasteiger partial charge < -0.3 is 4.84 Å². The lowest BCUT2D eigenvalue weighted by Crippen LogP contribution is -2.33. The standard InChI is InChI=1S/C16H31NO2/c1-14(2)10-6-3-4-9-13-16(18)19-17-15-11-7-5-8-12-15/h14-15,17H,3-13H2,1-2H3. The van der Waals surface area contributed by atoms with Gasteiger partial charge in [-0.25, -0.2) is 0 Å². The molecule has 1 fully saturated rings. The Kier molecular flexibility index (Phi) is 8.89. The summed E-state index contributed by atoms with van der Waals surface area (Å²) in [5.74, 6) is 0.707. The summed E-state index contributed by atoms with van der Waals surface area (Å²) in [5, 5.41) is 0. The average Bonchev–Trinajstić information content (AvgIpc) is 2.41. The predicted molar refractivity (Wildman–Crippen MR) is 78.6 cm³/mol. The molecule has 3 nitrogen and oxygen atoms in total. The summed E-state index contributed by atoms with van der Waals surface area (Å²) < 4.78 is 0. The number of hydrogen-bond acceptors (Lipinski definition) is 3. The van der Waals surface area contributed by atoms with Crippen LogP contribution < -0.4 is 5.48 Å². The van der Waals surface area contributed by atoms with Gasteiger partial charge in [0.05, 0.1) is 0 Å². The number of carbonyl (C=O) groups is 1. The van der Waals surface area contributed by atoms with E-state index >= 15 is 0 Å². The summed E-state index contributed by atoms with van der Waals surface area (Å²) in [7, 11) is 0. The molecule has 0 bridgehead atoms. The first-order valence-electron chi connectivity index (χ1n) is 8.13. The lowest BCUT2D eigenvalue weighted by Gasteiger charge is -2.21. The molecule has 1 aliphatic rings. The molecule has 0 amide bonds. The summed E-state index contributed by atoms with van der Waals surface area (Å²) in [6.07, 6.45) is 12.6. The number of rotatable bonds is 9. The van der Waals surface area contributed by atoms with Crippen LogP contribution in [0, 0.1) is 5.92 Å². The Balaban J connectivity index is 1.90. The van der Waals surface area contributed by atoms with E-state index in [4.69, 9.17) is 4.84 Å². The van der Waals surface area contributed by atoms with Crippen LogP contribution in [0.2, 0.25) is 0 Å². The van der Waals surface area contributed by atoms with Gasteiger partial charge in [0.15, 0.2) is 0 Å². The fourth-order valence-electron chi connectivity index (χ4n) is 2.60. The molecule has 1 saturated carbocycles. The van der Waals surface area contributed by atoms with E-state index in [1.807, 2.05) is 0 Å². The largest absolute Gasteiger partial charge is 0.370 e. The molecule has 1 rings (SSSR count). The molecular formula is C16H31NO2. The fraction of sp³-hybridized carbons (Fsp3) is 0.938. The Bertz CT molecular complexity index is 235. The normalized spacial score (nSPS) is 16.8. The van der Waals surface area contributed by atoms with Crippen molar-refractivity contribution in [1.82, 2.24) is 5.48 Å². The van der Waals surface area contributed by atoms with Gasteiger partial charge in [-0.2, -0.15) is 5.48 Å². The Morgan fingerprint density at radius 2 is 1.79 bits per heavy atom. The van der Waals surface area contributed by atoms with Gasteiger partial charge in [-0.15, -0.1) is 0 Å². The second kappa shape index (κ2) is 10.2. The Morgan fingerprint density at radius 1 is 1.11 bits per heavy atom. The quantitative estimate of drug-likeness (QED) is 0.499. The van der Waals surface area contributed by atoms with E-state index in [1.54, 1.807) is 0 Å². The third-order valence-corrected chi connectivity index (χ3v) is 3.86. The third kappa shape index (κ3) is 9.04. The number of hydrogen-bond donors (Lipinski definition) is 1. The average molecular weight is 269 g/mol. The first-order chi connectivity index (χ1) is 9.18. The topological polar surface area (TPSA) is 38.3 Å². The van der Waals surface area contributed by atoms with E-state index in [-0.39, 0.29) is 5.97 Å². The zero-order chi connectivity index (χ0) is 13.9. The highest BCUT2D eigenvalue weighted by Crippen LogP contribution is 2.17. The summed E-state index contributed by atoms with van der Waals surface area (Å²) in [6.45, 7) is 4.52. The molecule has 0 aliphatic heterocycles. The molecule has 3 heteroatoms. The Labute approximate surface area is 118 Å². The first-order valence-corrected chi connectivity index (χ1v) is 8.13. The molecule has 0 atom stereocenters. The lowest BCUT2D eigenvalue weighted by molar-refractivity contribution is -0.153. The maximum absolute atomic E-state index is 11.5. The van der Waals surface area contributed by atoms with Crippen LogP contribution in [0.5, 0.6) is 0 Å². The number of nitrogens with one attached hydrogen (secondary N) is 1. The van der Waals surface area contributed by atoms with Crippen molar-refractivity contribution in [3.8, 4) is 0 Å². The second-order valence-corrected chi connectivity index (χ2v) is 6.27. The molecule has 0 unspecified atom stereocenters. The smallest absolute Gasteiger partial charge is 0.324 e. The molecule has 1 aliphatic carbocycles. The van der Waals surface area contributed by atoms with Crippen LogP contribution in [0.1, 0.15) is 84.5 Å². The monoisotopic (exact) mass is 269 g/mol. The van der Waals surface area contributed by atoms with Crippen molar-refractivity contribution >= 4 is 5.97 Å². The van der Waals surface area contributed by atoms with E-state index < -0.39 is 0 Å². The van der Waals surface area contributed by atoms with Crippen molar-refractivity contribution in [2.75, 3.05) is 0 Å². The zero-order valence-corrected chi connectivity index (χ0v) is 12.7. The minimum Gasteiger partial charge on any atom is -0.370 e. The maximum atomic E-state index is 11.5. The van der Waals surface area contributed by atoms with Crippen LogP contribution >= 0.6 is 0 Å². The van der Waals surface area contributed by atoms with Gasteiger partial charge >= 0.3 is 5.97 Å². The van der Waals surface area contributed by atoms with Crippen LogP contribution in [0.15, 0.2) is 0 Å². The highest BCUT2D eigenvalue weighted by Gasteiger charge is 2.14. The minimum atomic E-state index is -0.0885. The van der Waals surface area contributed by atoms with E-state index in [9.17, 15) is 4.79 Å². The highest BCUT2D eigenvalue weighted by molar-refractivity contribution is 5.68. The van der Waals surface area contributed by atoms with Gasteiger partial charge in [0.25, 0.3) is 0 Å². The predicted octanol–water partition coefficient (Wildman–Crippen LogP) is 4.36. The summed E-state index contributed by atoms with van der Waals surface area (Å²) in [6, 6.07) is 0.392. The lowest BCUT2D eigenvalue weighted by atomic mass is 9.96. The van der Waals surface area contributed by atoms with Gasteiger partial charge in [-0.05, 0) is 25.2 Å². The molecule has 0 radical (unpaired) electrons. The van der Waals surface area contributed by atoms with Gasteiger partial charge in [-0.3, -0.25) is 4.79 Å². The van der Waals surface area contributed by atoms with Crippen LogP contribution in [0.4, 0.5) is 0 Å². The molecule has 1 N–H and O–H groups in total. The summed E-state index contributed by atoms with van der Waals surface area (Å²) in [4.78, 5) is 16.7. The number of unbranched alkanes of at least 4 members (excludes halogenated alkanes) is 3. The van der Waals surface area contributed by atoms with Crippen LogP contribution in [0.25, 0.3) is 0 Å². The molecule has 0 aromatic heterocycles. The van der Waals surface area contributed by atoms with Gasteiger partial charge in [0.2, 0.25) is 0 Å². The number of hydroxylamine groups is 1. The maximum Gasteiger partial charge on any atom is 0.324 e. The van der Waals surface area contributed by atoms with Crippen molar-refractivity contribution in [2.45, 2.75) is 90.5 Å². The van der Waals surface area contributed by atoms with E-state index in [0.717, 1.165) is 31.6 Å². The SMILES string of the molecule is CC(C)CCCCCCC(=O)ONC1CCCCC1. The van der Waals surface area contributed by atoms with Crippen molar-refractivity contribution in [2.24, 2.45) is 5.92 Å². The zero-order valence-electron chi connectivity index (χ0n) is 12.7. The first kappa shape index (κ1) is 16.5. The van der Waals surface area contributed by atoms with E-state index in [1.165, 1.54) is 38.5 Å². The molecule has 0 spiro atoms. The van der Waals surface area contributed by atoms with E-state index in [2.05, 4.69) is 19.3 Å². The van der Waals surface area contributed by atoms with Crippen LogP contribution in [0.3, 0.4) is 0 Å². The molecule has 0 aromatic rings. The highest BCUT2D eigenvalue weighted by atomic mass is 16.7. The molecule has 0 heterocycles. The van der Waals surface area contributed by atoms with Crippen molar-refractivity contribution < 1.29 is 9.63 Å². The molecule has 0 aromatic carbocycles. The fourth-order valence-corrected chi connectivity index (χ4v) is 2.60. The minimum absolute atomic E-state index is 0.0885. The summed E-state index contributed by atoms with van der Waals surface area (Å²) >= 11 is 0. The third-order valence-electron chi connectivity index (χ3n) is 3.86. The van der Waals surface area contributed by atoms with Crippen molar-refractivity contribution in [3.05, 3.63) is 0 Å². The molecule has 112 valence electrons. The van der Waals surface area contributed by atoms with Crippen LogP contribution in [-0.2, 0) is 9.63 Å². The second-order valence-electron chi connectivity index (χ2n) is 6.27. The molecular weight excluding hydrogens is 238 g/mol. The Hall–Kier alpha value is -0.570. The van der Waals surface area contributed by atoms with Gasteiger partial charge in [0, 0.05) is 12.5 Å².